The lowest BCUT2D eigenvalue weighted by Crippen LogP contribution is -2.30. The standard InChI is InChI=1S/C15H20ClN4O2S2/c1-19(2)14-7-5-13(6-8-14)17-18-15-20(10-11-23-15)9-3-4-12-24(16,21)22/h5-8,10-11H,3-4,9,12H2,1-2H3/q+1. The summed E-state index contributed by atoms with van der Waals surface area (Å²) in [5.74, 6) is -0.00563. The van der Waals surface area contributed by atoms with Crippen molar-refractivity contribution < 1.29 is 13.0 Å². The molecule has 0 fully saturated rings. The van der Waals surface area contributed by atoms with Gasteiger partial charge in [0.2, 0.25) is 9.05 Å². The summed E-state index contributed by atoms with van der Waals surface area (Å²) in [6.07, 6.45) is 3.16. The van der Waals surface area contributed by atoms with E-state index in [9.17, 15) is 8.42 Å². The lowest BCUT2D eigenvalue weighted by atomic mass is 10.3. The Morgan fingerprint density at radius 2 is 1.88 bits per heavy atom. The molecule has 2 rings (SSSR count). The van der Waals surface area contributed by atoms with Gasteiger partial charge in [-0.05, 0) is 53.6 Å². The first kappa shape index (κ1) is 18.8. The van der Waals surface area contributed by atoms with Crippen LogP contribution in [-0.4, -0.2) is 28.3 Å². The third kappa shape index (κ3) is 6.18. The Hall–Kier alpha value is -1.51. The van der Waals surface area contributed by atoms with Crippen LogP contribution in [0.2, 0.25) is 0 Å². The van der Waals surface area contributed by atoms with Crippen molar-refractivity contribution in [3.05, 3.63) is 35.8 Å². The van der Waals surface area contributed by atoms with Crippen LogP contribution in [0, 0.1) is 0 Å². The highest BCUT2D eigenvalue weighted by Gasteiger charge is 2.12. The minimum atomic E-state index is -3.41. The number of unbranched alkanes of at least 4 members (excludes halogenated alkanes) is 1. The Morgan fingerprint density at radius 3 is 2.50 bits per heavy atom. The normalized spacial score (nSPS) is 12.0. The summed E-state index contributed by atoms with van der Waals surface area (Å²) in [5.41, 5.74) is 1.89. The molecule has 0 saturated heterocycles. The summed E-state index contributed by atoms with van der Waals surface area (Å²) in [6.45, 7) is 0.684. The average Bonchev–Trinajstić information content (AvgIpc) is 2.96. The van der Waals surface area contributed by atoms with E-state index >= 15 is 0 Å². The van der Waals surface area contributed by atoms with Gasteiger partial charge in [-0.15, -0.1) is 0 Å². The second-order valence-corrected chi connectivity index (χ2v) is 9.21. The Labute approximate surface area is 150 Å². The number of rotatable bonds is 8. The van der Waals surface area contributed by atoms with Gasteiger partial charge in [0.25, 0.3) is 0 Å². The average molecular weight is 388 g/mol. The summed E-state index contributed by atoms with van der Waals surface area (Å²) in [6, 6.07) is 7.82. The van der Waals surface area contributed by atoms with Crippen molar-refractivity contribution >= 4 is 47.6 Å². The fraction of sp³-hybridized carbons (Fsp3) is 0.400. The van der Waals surface area contributed by atoms with Crippen LogP contribution in [-0.2, 0) is 15.6 Å². The van der Waals surface area contributed by atoms with E-state index in [1.807, 2.05) is 59.4 Å². The van der Waals surface area contributed by atoms with Crippen LogP contribution in [0.25, 0.3) is 0 Å². The van der Waals surface area contributed by atoms with Crippen LogP contribution in [0.4, 0.5) is 16.5 Å². The molecule has 6 nitrogen and oxygen atoms in total. The quantitative estimate of drug-likeness (QED) is 0.299. The molecular formula is C15H20ClN4O2S2+. The summed E-state index contributed by atoms with van der Waals surface area (Å²) in [7, 11) is 5.77. The molecular weight excluding hydrogens is 368 g/mol. The first-order valence-corrected chi connectivity index (χ1v) is 10.8. The highest BCUT2D eigenvalue weighted by molar-refractivity contribution is 8.13. The van der Waals surface area contributed by atoms with E-state index in [-0.39, 0.29) is 5.75 Å². The van der Waals surface area contributed by atoms with Crippen molar-refractivity contribution in [3.8, 4) is 0 Å². The predicted octanol–water partition coefficient (Wildman–Crippen LogP) is 3.87. The number of nitrogens with zero attached hydrogens (tertiary/aromatic N) is 4. The van der Waals surface area contributed by atoms with Crippen LogP contribution in [0.15, 0.2) is 46.1 Å². The van der Waals surface area contributed by atoms with Crippen LogP contribution in [0.1, 0.15) is 12.8 Å². The number of thiazole rings is 1. The van der Waals surface area contributed by atoms with E-state index in [1.54, 1.807) is 0 Å². The minimum absolute atomic E-state index is 0.00563. The lowest BCUT2D eigenvalue weighted by Gasteiger charge is -2.11. The van der Waals surface area contributed by atoms with Gasteiger partial charge in [0.15, 0.2) is 0 Å². The van der Waals surface area contributed by atoms with E-state index in [2.05, 4.69) is 10.2 Å². The van der Waals surface area contributed by atoms with Gasteiger partial charge in [-0.1, -0.05) is 0 Å². The van der Waals surface area contributed by atoms with Crippen molar-refractivity contribution in [2.45, 2.75) is 19.4 Å². The first-order chi connectivity index (χ1) is 11.3. The molecule has 0 amide bonds. The largest absolute Gasteiger partial charge is 0.408 e. The van der Waals surface area contributed by atoms with Crippen LogP contribution in [0.5, 0.6) is 0 Å². The number of hydrogen-bond donors (Lipinski definition) is 0. The third-order valence-electron chi connectivity index (χ3n) is 3.31. The smallest absolute Gasteiger partial charge is 0.378 e. The Bertz CT molecular complexity index is 786. The fourth-order valence-corrected chi connectivity index (χ4v) is 3.60. The monoisotopic (exact) mass is 387 g/mol. The molecule has 24 heavy (non-hydrogen) atoms. The van der Waals surface area contributed by atoms with Gasteiger partial charge < -0.3 is 4.90 Å². The molecule has 0 aliphatic rings. The number of azo groups is 1. The number of aromatic nitrogens is 1. The molecule has 1 heterocycles. The molecule has 2 aromatic rings. The Kier molecular flexibility index (Phi) is 6.70. The SMILES string of the molecule is CN(C)c1ccc(/N=N/c2scc[n+]2CCCCS(=O)(=O)Cl)cc1. The first-order valence-electron chi connectivity index (χ1n) is 7.43. The Morgan fingerprint density at radius 1 is 1.17 bits per heavy atom. The second kappa shape index (κ2) is 8.55. The number of aryl methyl sites for hydroxylation is 1. The topological polar surface area (TPSA) is 66.0 Å². The predicted molar refractivity (Wildman–Crippen MR) is 98.3 cm³/mol. The van der Waals surface area contributed by atoms with Crippen molar-refractivity contribution in [2.75, 3.05) is 24.7 Å². The number of anilines is 1. The third-order valence-corrected chi connectivity index (χ3v) is 5.34. The van der Waals surface area contributed by atoms with Crippen molar-refractivity contribution in [1.82, 2.24) is 0 Å². The van der Waals surface area contributed by atoms with Gasteiger partial charge in [-0.25, -0.2) is 13.0 Å². The lowest BCUT2D eigenvalue weighted by molar-refractivity contribution is -0.680. The molecule has 0 aliphatic heterocycles. The summed E-state index contributed by atoms with van der Waals surface area (Å²) >= 11 is 1.49. The van der Waals surface area contributed by atoms with Gasteiger partial charge in [-0.2, -0.15) is 0 Å². The maximum absolute atomic E-state index is 10.9. The molecule has 0 radical (unpaired) electrons. The Balaban J connectivity index is 1.94. The van der Waals surface area contributed by atoms with Gasteiger partial charge >= 0.3 is 5.13 Å². The molecule has 1 aromatic carbocycles. The molecule has 0 atom stereocenters. The zero-order valence-electron chi connectivity index (χ0n) is 13.6. The highest BCUT2D eigenvalue weighted by atomic mass is 35.7. The number of halogens is 1. The maximum Gasteiger partial charge on any atom is 0.408 e. The van der Waals surface area contributed by atoms with Gasteiger partial charge in [-0.3, -0.25) is 0 Å². The molecule has 0 saturated carbocycles. The molecule has 0 spiro atoms. The molecule has 9 heteroatoms. The van der Waals surface area contributed by atoms with E-state index in [4.69, 9.17) is 10.7 Å². The minimum Gasteiger partial charge on any atom is -0.378 e. The van der Waals surface area contributed by atoms with Crippen LogP contribution < -0.4 is 9.47 Å². The van der Waals surface area contributed by atoms with Gasteiger partial charge in [0.05, 0.1) is 17.4 Å². The molecule has 0 aliphatic carbocycles. The molecule has 0 bridgehead atoms. The van der Waals surface area contributed by atoms with Gasteiger partial charge in [0, 0.05) is 35.8 Å². The summed E-state index contributed by atoms with van der Waals surface area (Å²) < 4.78 is 23.8. The highest BCUT2D eigenvalue weighted by Crippen LogP contribution is 2.21. The number of benzene rings is 1. The zero-order valence-corrected chi connectivity index (χ0v) is 16.0. The zero-order chi connectivity index (χ0) is 17.6. The van der Waals surface area contributed by atoms with E-state index in [1.165, 1.54) is 11.3 Å². The summed E-state index contributed by atoms with van der Waals surface area (Å²) in [5, 5.41) is 11.3. The second-order valence-electron chi connectivity index (χ2n) is 5.44. The van der Waals surface area contributed by atoms with E-state index < -0.39 is 9.05 Å². The van der Waals surface area contributed by atoms with Crippen molar-refractivity contribution in [3.63, 3.8) is 0 Å². The van der Waals surface area contributed by atoms with Crippen LogP contribution in [0.3, 0.4) is 0 Å². The van der Waals surface area contributed by atoms with Crippen molar-refractivity contribution in [2.24, 2.45) is 10.2 Å². The van der Waals surface area contributed by atoms with E-state index in [0.717, 1.165) is 16.5 Å². The fourth-order valence-electron chi connectivity index (χ4n) is 2.02. The molecule has 130 valence electrons. The van der Waals surface area contributed by atoms with Gasteiger partial charge in [0.1, 0.15) is 11.9 Å². The van der Waals surface area contributed by atoms with Crippen LogP contribution >= 0.6 is 22.0 Å². The molecule has 1 aromatic heterocycles. The molecule has 0 N–H and O–H groups in total. The molecule has 0 unspecified atom stereocenters. The van der Waals surface area contributed by atoms with Crippen molar-refractivity contribution in [1.29, 1.82) is 0 Å². The number of hydrogen-bond acceptors (Lipinski definition) is 6. The van der Waals surface area contributed by atoms with E-state index in [0.29, 0.717) is 19.4 Å². The maximum atomic E-state index is 10.9. The summed E-state index contributed by atoms with van der Waals surface area (Å²) in [4.78, 5) is 2.02.